The monoisotopic (exact) mass is 255 g/mol. The van der Waals surface area contributed by atoms with Crippen molar-refractivity contribution in [2.24, 2.45) is 5.41 Å². The molecule has 1 aromatic rings. The van der Waals surface area contributed by atoms with Gasteiger partial charge in [0.15, 0.2) is 5.82 Å². The molecule has 0 aliphatic heterocycles. The van der Waals surface area contributed by atoms with E-state index in [9.17, 15) is 4.79 Å². The van der Waals surface area contributed by atoms with Crippen molar-refractivity contribution in [1.29, 1.82) is 0 Å². The van der Waals surface area contributed by atoms with Crippen LogP contribution in [0.25, 0.3) is 0 Å². The molecule has 1 aromatic heterocycles. The van der Waals surface area contributed by atoms with Gasteiger partial charge in [0.2, 0.25) is 0 Å². The average molecular weight is 255 g/mol. The van der Waals surface area contributed by atoms with Crippen LogP contribution in [0, 0.1) is 5.41 Å². The Labute approximate surface area is 105 Å². The smallest absolute Gasteiger partial charge is 0.344 e. The lowest BCUT2D eigenvalue weighted by atomic mass is 10.1. The third-order valence-electron chi connectivity index (χ3n) is 2.98. The second-order valence-corrected chi connectivity index (χ2v) is 5.43. The zero-order valence-electron chi connectivity index (χ0n) is 10.1. The van der Waals surface area contributed by atoms with Gasteiger partial charge in [-0.05, 0) is 36.7 Å². The average Bonchev–Trinajstić information content (AvgIpc) is 2.89. The summed E-state index contributed by atoms with van der Waals surface area (Å²) in [6, 6.07) is 0. The van der Waals surface area contributed by atoms with Crippen molar-refractivity contribution in [3.63, 3.8) is 0 Å². The molecule has 5 nitrogen and oxygen atoms in total. The number of hydrogen-bond acceptors (Lipinski definition) is 6. The van der Waals surface area contributed by atoms with Crippen molar-refractivity contribution in [2.45, 2.75) is 26.7 Å². The Bertz CT molecular complexity index is 426. The molecule has 94 valence electrons. The topological polar surface area (TPSA) is 77.2 Å². The number of anilines is 2. The first-order chi connectivity index (χ1) is 8.06. The summed E-state index contributed by atoms with van der Waals surface area (Å²) >= 11 is 1.21. The molecule has 1 aliphatic rings. The number of hydrogen-bond donors (Lipinski definition) is 2. The molecular weight excluding hydrogens is 238 g/mol. The number of carbonyl (C=O) groups excluding carboxylic acids is 1. The fraction of sp³-hybridized carbons (Fsp3) is 0.636. The van der Waals surface area contributed by atoms with E-state index in [2.05, 4.69) is 16.6 Å². The van der Waals surface area contributed by atoms with Gasteiger partial charge in [-0.25, -0.2) is 4.79 Å². The largest absolute Gasteiger partial charge is 0.462 e. The summed E-state index contributed by atoms with van der Waals surface area (Å²) in [5.41, 5.74) is 6.43. The zero-order chi connectivity index (χ0) is 12.5. The lowest BCUT2D eigenvalue weighted by molar-refractivity contribution is 0.0529. The Morgan fingerprint density at radius 1 is 1.65 bits per heavy atom. The minimum absolute atomic E-state index is 0.247. The predicted octanol–water partition coefficient (Wildman–Crippen LogP) is 2.11. The molecule has 0 radical (unpaired) electrons. The van der Waals surface area contributed by atoms with E-state index in [1.807, 2.05) is 0 Å². The van der Waals surface area contributed by atoms with E-state index in [1.165, 1.54) is 24.4 Å². The van der Waals surface area contributed by atoms with Gasteiger partial charge in [-0.15, -0.1) is 0 Å². The molecule has 17 heavy (non-hydrogen) atoms. The SMILES string of the molecule is CCOC(=O)c1c(N)nsc1NCC1(C)CC1. The van der Waals surface area contributed by atoms with Crippen LogP contribution in [0.5, 0.6) is 0 Å². The number of nitrogens with two attached hydrogens (primary N) is 1. The zero-order valence-corrected chi connectivity index (χ0v) is 10.9. The maximum absolute atomic E-state index is 11.7. The summed E-state index contributed by atoms with van der Waals surface area (Å²) < 4.78 is 8.96. The van der Waals surface area contributed by atoms with Crippen molar-refractivity contribution in [3.8, 4) is 0 Å². The first-order valence-corrected chi connectivity index (χ1v) is 6.49. The van der Waals surface area contributed by atoms with E-state index in [1.54, 1.807) is 6.92 Å². The van der Waals surface area contributed by atoms with E-state index in [-0.39, 0.29) is 5.82 Å². The van der Waals surface area contributed by atoms with E-state index in [0.29, 0.717) is 22.6 Å². The third-order valence-corrected chi connectivity index (χ3v) is 3.80. The van der Waals surface area contributed by atoms with Gasteiger partial charge in [0.25, 0.3) is 0 Å². The standard InChI is InChI=1S/C11H17N3O2S/c1-3-16-10(15)7-8(12)14-17-9(7)13-6-11(2)4-5-11/h13H,3-6H2,1-2H3,(H2,12,14). The van der Waals surface area contributed by atoms with Gasteiger partial charge < -0.3 is 15.8 Å². The van der Waals surface area contributed by atoms with Crippen LogP contribution in [-0.4, -0.2) is 23.5 Å². The van der Waals surface area contributed by atoms with Gasteiger partial charge >= 0.3 is 5.97 Å². The van der Waals surface area contributed by atoms with E-state index >= 15 is 0 Å². The van der Waals surface area contributed by atoms with Gasteiger partial charge in [0.1, 0.15) is 10.6 Å². The molecule has 1 saturated carbocycles. The fourth-order valence-corrected chi connectivity index (χ4v) is 2.20. The summed E-state index contributed by atoms with van der Waals surface area (Å²) in [6.45, 7) is 5.17. The number of aromatic nitrogens is 1. The van der Waals surface area contributed by atoms with E-state index in [4.69, 9.17) is 10.5 Å². The summed E-state index contributed by atoms with van der Waals surface area (Å²) in [5, 5.41) is 3.97. The van der Waals surface area contributed by atoms with Crippen LogP contribution in [0.2, 0.25) is 0 Å². The molecular formula is C11H17N3O2S. The van der Waals surface area contributed by atoms with E-state index in [0.717, 1.165) is 6.54 Å². The molecule has 0 spiro atoms. The van der Waals surface area contributed by atoms with Crippen LogP contribution < -0.4 is 11.1 Å². The van der Waals surface area contributed by atoms with Crippen molar-refractivity contribution in [1.82, 2.24) is 4.37 Å². The summed E-state index contributed by atoms with van der Waals surface area (Å²) in [5.74, 6) is -0.154. The lowest BCUT2D eigenvalue weighted by Crippen LogP contribution is -2.14. The summed E-state index contributed by atoms with van der Waals surface area (Å²) in [6.07, 6.45) is 2.45. The first-order valence-electron chi connectivity index (χ1n) is 5.72. The predicted molar refractivity (Wildman–Crippen MR) is 68.3 cm³/mol. The normalized spacial score (nSPS) is 16.6. The van der Waals surface area contributed by atoms with Gasteiger partial charge in [-0.1, -0.05) is 6.92 Å². The fourth-order valence-electron chi connectivity index (χ4n) is 1.51. The van der Waals surface area contributed by atoms with Crippen LogP contribution in [0.15, 0.2) is 0 Å². The molecule has 6 heteroatoms. The number of esters is 1. The van der Waals surface area contributed by atoms with Crippen molar-refractivity contribution in [3.05, 3.63) is 5.56 Å². The third kappa shape index (κ3) is 2.69. The van der Waals surface area contributed by atoms with Crippen molar-refractivity contribution in [2.75, 3.05) is 24.2 Å². The maximum Gasteiger partial charge on any atom is 0.344 e. The number of nitrogen functional groups attached to an aromatic ring is 1. The molecule has 0 atom stereocenters. The minimum Gasteiger partial charge on any atom is -0.462 e. The quantitative estimate of drug-likeness (QED) is 0.788. The van der Waals surface area contributed by atoms with Crippen LogP contribution in [0.1, 0.15) is 37.0 Å². The maximum atomic E-state index is 11.7. The molecule has 1 aliphatic carbocycles. The summed E-state index contributed by atoms with van der Waals surface area (Å²) in [4.78, 5) is 11.7. The highest BCUT2D eigenvalue weighted by Crippen LogP contribution is 2.45. The molecule has 0 amide bonds. The van der Waals surface area contributed by atoms with Crippen LogP contribution in [-0.2, 0) is 4.74 Å². The Hall–Kier alpha value is -1.30. The minimum atomic E-state index is -0.401. The molecule has 1 heterocycles. The number of ether oxygens (including phenoxy) is 1. The van der Waals surface area contributed by atoms with Crippen molar-refractivity contribution < 1.29 is 9.53 Å². The highest BCUT2D eigenvalue weighted by atomic mass is 32.1. The second-order valence-electron chi connectivity index (χ2n) is 4.66. The highest BCUT2D eigenvalue weighted by molar-refractivity contribution is 7.11. The molecule has 0 aromatic carbocycles. The van der Waals surface area contributed by atoms with E-state index < -0.39 is 5.97 Å². The number of carbonyl (C=O) groups is 1. The molecule has 0 bridgehead atoms. The summed E-state index contributed by atoms with van der Waals surface area (Å²) in [7, 11) is 0. The lowest BCUT2D eigenvalue weighted by Gasteiger charge is -2.10. The highest BCUT2D eigenvalue weighted by Gasteiger charge is 2.37. The Morgan fingerprint density at radius 3 is 2.94 bits per heavy atom. The Morgan fingerprint density at radius 2 is 2.35 bits per heavy atom. The number of nitrogens with zero attached hydrogens (tertiary/aromatic N) is 1. The van der Waals surface area contributed by atoms with Crippen molar-refractivity contribution >= 4 is 28.3 Å². The van der Waals surface area contributed by atoms with Crippen LogP contribution >= 0.6 is 11.5 Å². The van der Waals surface area contributed by atoms with Gasteiger partial charge in [0.05, 0.1) is 6.61 Å². The van der Waals surface area contributed by atoms with Crippen LogP contribution in [0.4, 0.5) is 10.8 Å². The molecule has 3 N–H and O–H groups in total. The van der Waals surface area contributed by atoms with Gasteiger partial charge in [-0.2, -0.15) is 4.37 Å². The molecule has 0 unspecified atom stereocenters. The van der Waals surface area contributed by atoms with Gasteiger partial charge in [0, 0.05) is 6.54 Å². The molecule has 1 fully saturated rings. The first kappa shape index (κ1) is 12.2. The Kier molecular flexibility index (Phi) is 3.24. The number of rotatable bonds is 5. The number of nitrogens with one attached hydrogen (secondary N) is 1. The second kappa shape index (κ2) is 4.52. The van der Waals surface area contributed by atoms with Crippen LogP contribution in [0.3, 0.4) is 0 Å². The molecule has 2 rings (SSSR count). The Balaban J connectivity index is 2.08. The molecule has 0 saturated heterocycles. The van der Waals surface area contributed by atoms with Gasteiger partial charge in [-0.3, -0.25) is 0 Å².